The average Bonchev–Trinajstić information content (AvgIpc) is 2.18. The van der Waals surface area contributed by atoms with Gasteiger partial charge in [0.15, 0.2) is 0 Å². The van der Waals surface area contributed by atoms with Crippen molar-refractivity contribution in [1.29, 1.82) is 0 Å². The minimum Gasteiger partial charge on any atom is -0.324 e. The molecule has 0 saturated carbocycles. The number of benzene rings is 1. The highest BCUT2D eigenvalue weighted by Gasteiger charge is 2.07. The zero-order chi connectivity index (χ0) is 10.6. The molecule has 1 aromatic carbocycles. The van der Waals surface area contributed by atoms with Gasteiger partial charge in [-0.25, -0.2) is 4.39 Å². The summed E-state index contributed by atoms with van der Waals surface area (Å²) in [5.41, 5.74) is 6.79. The fraction of sp³-hybridized carbons (Fsp3) is 0.455. The van der Waals surface area contributed by atoms with Crippen LogP contribution in [0.25, 0.3) is 0 Å². The molecule has 0 unspecified atom stereocenters. The predicted molar refractivity (Wildman–Crippen MR) is 67.8 cm³/mol. The summed E-state index contributed by atoms with van der Waals surface area (Å²) in [5.74, 6) is -0.241. The third kappa shape index (κ3) is 4.49. The Morgan fingerprint density at radius 1 is 1.47 bits per heavy atom. The highest BCUT2D eigenvalue weighted by atomic mass is 79.9. The number of hydrogen-bond acceptors (Lipinski definition) is 1. The molecular weight excluding hydrogens is 280 g/mol. The lowest BCUT2D eigenvalue weighted by molar-refractivity contribution is 0.586. The molecule has 0 aromatic heterocycles. The van der Waals surface area contributed by atoms with E-state index in [1.54, 1.807) is 6.07 Å². The second kappa shape index (κ2) is 7.20. The summed E-state index contributed by atoms with van der Waals surface area (Å²) >= 11 is 3.12. The zero-order valence-electron chi connectivity index (χ0n) is 8.67. The van der Waals surface area contributed by atoms with E-state index in [0.29, 0.717) is 4.47 Å². The lowest BCUT2D eigenvalue weighted by Gasteiger charge is -2.11. The van der Waals surface area contributed by atoms with Gasteiger partial charge in [0.2, 0.25) is 0 Å². The van der Waals surface area contributed by atoms with E-state index in [1.807, 2.05) is 6.07 Å². The van der Waals surface area contributed by atoms with Crippen LogP contribution in [0.1, 0.15) is 37.8 Å². The van der Waals surface area contributed by atoms with Gasteiger partial charge in [-0.2, -0.15) is 0 Å². The lowest BCUT2D eigenvalue weighted by atomic mass is 10.0. The molecule has 0 aliphatic carbocycles. The first-order chi connectivity index (χ1) is 6.65. The first-order valence-electron chi connectivity index (χ1n) is 4.85. The molecule has 0 aliphatic rings. The summed E-state index contributed by atoms with van der Waals surface area (Å²) in [5, 5.41) is 0. The molecule has 86 valence electrons. The van der Waals surface area contributed by atoms with E-state index in [9.17, 15) is 4.39 Å². The van der Waals surface area contributed by atoms with Crippen LogP contribution in [0.3, 0.4) is 0 Å². The van der Waals surface area contributed by atoms with Crippen LogP contribution in [0.4, 0.5) is 4.39 Å². The quantitative estimate of drug-likeness (QED) is 0.885. The molecule has 0 bridgehead atoms. The summed E-state index contributed by atoms with van der Waals surface area (Å²) in [7, 11) is 0. The Balaban J connectivity index is 0.00000196. The van der Waals surface area contributed by atoms with E-state index in [4.69, 9.17) is 5.73 Å². The van der Waals surface area contributed by atoms with Crippen molar-refractivity contribution in [2.75, 3.05) is 0 Å². The van der Waals surface area contributed by atoms with E-state index < -0.39 is 0 Å². The van der Waals surface area contributed by atoms with Crippen molar-refractivity contribution < 1.29 is 4.39 Å². The summed E-state index contributed by atoms with van der Waals surface area (Å²) in [6.45, 7) is 2.12. The fourth-order valence-electron chi connectivity index (χ4n) is 1.33. The first-order valence-corrected chi connectivity index (χ1v) is 5.65. The second-order valence-corrected chi connectivity index (χ2v) is 4.28. The van der Waals surface area contributed by atoms with Gasteiger partial charge in [-0.1, -0.05) is 25.8 Å². The molecule has 1 rings (SSSR count). The maximum Gasteiger partial charge on any atom is 0.137 e. The average molecular weight is 297 g/mol. The van der Waals surface area contributed by atoms with Crippen molar-refractivity contribution in [3.8, 4) is 0 Å². The Labute approximate surface area is 105 Å². The molecule has 0 aliphatic heterocycles. The number of halogens is 3. The standard InChI is InChI=1S/C11H15BrFN.ClH/c1-2-3-4-11(14)8-5-6-9(12)10(13)7-8;/h5-7,11H,2-4,14H2,1H3;1H/t11-;/m0./s1. The van der Waals surface area contributed by atoms with E-state index in [1.165, 1.54) is 6.07 Å². The van der Waals surface area contributed by atoms with E-state index in [0.717, 1.165) is 24.8 Å². The summed E-state index contributed by atoms with van der Waals surface area (Å²) in [6.07, 6.45) is 3.11. The minimum absolute atomic E-state index is 0. The van der Waals surface area contributed by atoms with Gasteiger partial charge in [0, 0.05) is 6.04 Å². The molecule has 0 fully saturated rings. The molecule has 4 heteroatoms. The van der Waals surface area contributed by atoms with Crippen LogP contribution in [-0.4, -0.2) is 0 Å². The van der Waals surface area contributed by atoms with E-state index in [2.05, 4.69) is 22.9 Å². The van der Waals surface area contributed by atoms with Gasteiger partial charge in [0.25, 0.3) is 0 Å². The maximum absolute atomic E-state index is 13.2. The molecule has 0 amide bonds. The van der Waals surface area contributed by atoms with Crippen molar-refractivity contribution in [3.05, 3.63) is 34.1 Å². The molecule has 1 atom stereocenters. The molecular formula is C11H16BrClFN. The molecule has 0 heterocycles. The number of unbranched alkanes of at least 4 members (excludes halogenated alkanes) is 1. The molecule has 0 spiro atoms. The third-order valence-corrected chi connectivity index (χ3v) is 2.88. The summed E-state index contributed by atoms with van der Waals surface area (Å²) < 4.78 is 13.6. The highest BCUT2D eigenvalue weighted by Crippen LogP contribution is 2.22. The normalized spacial score (nSPS) is 12.0. The molecule has 0 saturated heterocycles. The Hall–Kier alpha value is -0.120. The second-order valence-electron chi connectivity index (χ2n) is 3.42. The van der Waals surface area contributed by atoms with Crippen LogP contribution in [0.2, 0.25) is 0 Å². The van der Waals surface area contributed by atoms with Crippen molar-refractivity contribution in [2.24, 2.45) is 5.73 Å². The van der Waals surface area contributed by atoms with Gasteiger partial charge in [-0.15, -0.1) is 12.4 Å². The van der Waals surface area contributed by atoms with Crippen molar-refractivity contribution in [3.63, 3.8) is 0 Å². The van der Waals surface area contributed by atoms with Gasteiger partial charge in [0.05, 0.1) is 4.47 Å². The van der Waals surface area contributed by atoms with E-state index >= 15 is 0 Å². The predicted octanol–water partition coefficient (Wildman–Crippen LogP) is 4.20. The largest absolute Gasteiger partial charge is 0.324 e. The van der Waals surface area contributed by atoms with Crippen molar-refractivity contribution >= 4 is 28.3 Å². The number of nitrogens with two attached hydrogens (primary N) is 1. The molecule has 0 radical (unpaired) electrons. The number of hydrogen-bond donors (Lipinski definition) is 1. The van der Waals surface area contributed by atoms with Gasteiger partial charge in [0.1, 0.15) is 5.82 Å². The molecule has 1 nitrogen and oxygen atoms in total. The lowest BCUT2D eigenvalue weighted by Crippen LogP contribution is -2.10. The summed E-state index contributed by atoms with van der Waals surface area (Å²) in [4.78, 5) is 0. The Kier molecular flexibility index (Phi) is 7.14. The monoisotopic (exact) mass is 295 g/mol. The van der Waals surface area contributed by atoms with Crippen molar-refractivity contribution in [1.82, 2.24) is 0 Å². The molecule has 1 aromatic rings. The smallest absolute Gasteiger partial charge is 0.137 e. The van der Waals surface area contributed by atoms with Crippen LogP contribution in [0.15, 0.2) is 22.7 Å². The van der Waals surface area contributed by atoms with Gasteiger partial charge < -0.3 is 5.73 Å². The zero-order valence-corrected chi connectivity index (χ0v) is 11.1. The Morgan fingerprint density at radius 2 is 2.13 bits per heavy atom. The minimum atomic E-state index is -0.241. The SMILES string of the molecule is CCCC[C@H](N)c1ccc(Br)c(F)c1.Cl. The molecule has 2 N–H and O–H groups in total. The van der Waals surface area contributed by atoms with Crippen LogP contribution >= 0.6 is 28.3 Å². The van der Waals surface area contributed by atoms with E-state index in [-0.39, 0.29) is 24.3 Å². The summed E-state index contributed by atoms with van der Waals surface area (Å²) in [6, 6.07) is 5.03. The third-order valence-electron chi connectivity index (χ3n) is 2.24. The highest BCUT2D eigenvalue weighted by molar-refractivity contribution is 9.10. The van der Waals surface area contributed by atoms with Crippen molar-refractivity contribution in [2.45, 2.75) is 32.2 Å². The van der Waals surface area contributed by atoms with Crippen LogP contribution < -0.4 is 5.73 Å². The van der Waals surface area contributed by atoms with Crippen LogP contribution in [0.5, 0.6) is 0 Å². The topological polar surface area (TPSA) is 26.0 Å². The van der Waals surface area contributed by atoms with Crippen LogP contribution in [-0.2, 0) is 0 Å². The molecule has 15 heavy (non-hydrogen) atoms. The Bertz CT molecular complexity index is 307. The number of rotatable bonds is 4. The first kappa shape index (κ1) is 14.9. The maximum atomic E-state index is 13.2. The fourth-order valence-corrected chi connectivity index (χ4v) is 1.58. The Morgan fingerprint density at radius 3 is 2.67 bits per heavy atom. The van der Waals surface area contributed by atoms with Gasteiger partial charge in [-0.3, -0.25) is 0 Å². The van der Waals surface area contributed by atoms with Gasteiger partial charge >= 0.3 is 0 Å². The van der Waals surface area contributed by atoms with Crippen LogP contribution in [0, 0.1) is 5.82 Å². The van der Waals surface area contributed by atoms with Gasteiger partial charge in [-0.05, 0) is 40.0 Å².